The molecule has 0 bridgehead atoms. The van der Waals surface area contributed by atoms with Crippen molar-refractivity contribution in [1.29, 1.82) is 0 Å². The molecule has 0 atom stereocenters. The summed E-state index contributed by atoms with van der Waals surface area (Å²) in [5, 5.41) is 11.8. The van der Waals surface area contributed by atoms with Crippen molar-refractivity contribution in [2.75, 3.05) is 25.1 Å². The standard InChI is InChI=1S/C25H38N2O4/c28-17-7-2-1-6-16-27(21-9-4-3-5-10-21)25(30)11-8-18-31-22-13-14-23-20(19-22)12-15-24(29)26-23/h13-14,19,21,28H,1-12,15-18H2,(H,26,29). The minimum Gasteiger partial charge on any atom is -0.494 e. The fourth-order valence-electron chi connectivity index (χ4n) is 4.66. The van der Waals surface area contributed by atoms with Gasteiger partial charge in [0.25, 0.3) is 0 Å². The van der Waals surface area contributed by atoms with Crippen LogP contribution in [0.25, 0.3) is 0 Å². The van der Waals surface area contributed by atoms with E-state index in [1.807, 2.05) is 18.2 Å². The molecule has 0 aromatic heterocycles. The lowest BCUT2D eigenvalue weighted by molar-refractivity contribution is -0.134. The van der Waals surface area contributed by atoms with Crippen molar-refractivity contribution >= 4 is 17.5 Å². The summed E-state index contributed by atoms with van der Waals surface area (Å²) in [6.45, 7) is 1.61. The zero-order valence-corrected chi connectivity index (χ0v) is 18.7. The normalized spacial score (nSPS) is 16.5. The molecule has 31 heavy (non-hydrogen) atoms. The highest BCUT2D eigenvalue weighted by Crippen LogP contribution is 2.27. The summed E-state index contributed by atoms with van der Waals surface area (Å²) < 4.78 is 5.89. The van der Waals surface area contributed by atoms with Crippen LogP contribution in [0, 0.1) is 0 Å². The van der Waals surface area contributed by atoms with E-state index in [4.69, 9.17) is 9.84 Å². The van der Waals surface area contributed by atoms with Gasteiger partial charge in [0.15, 0.2) is 0 Å². The van der Waals surface area contributed by atoms with E-state index in [1.54, 1.807) is 0 Å². The number of anilines is 1. The molecule has 6 nitrogen and oxygen atoms in total. The van der Waals surface area contributed by atoms with Gasteiger partial charge in [0.05, 0.1) is 6.61 Å². The van der Waals surface area contributed by atoms with E-state index >= 15 is 0 Å². The van der Waals surface area contributed by atoms with Crippen LogP contribution in [-0.4, -0.2) is 47.6 Å². The number of carbonyl (C=O) groups is 2. The average Bonchev–Trinajstić information content (AvgIpc) is 2.79. The van der Waals surface area contributed by atoms with Gasteiger partial charge in [0, 0.05) is 37.7 Å². The molecular formula is C25H38N2O4. The number of carbonyl (C=O) groups excluding carboxylic acids is 2. The second kappa shape index (κ2) is 12.7. The molecule has 0 radical (unpaired) electrons. The Hall–Kier alpha value is -2.08. The van der Waals surface area contributed by atoms with E-state index in [1.165, 1.54) is 19.3 Å². The Labute approximate surface area is 186 Å². The molecule has 3 rings (SSSR count). The average molecular weight is 431 g/mol. The van der Waals surface area contributed by atoms with Crippen LogP contribution in [0.4, 0.5) is 5.69 Å². The Morgan fingerprint density at radius 1 is 1.06 bits per heavy atom. The number of nitrogens with one attached hydrogen (secondary N) is 1. The Morgan fingerprint density at radius 2 is 1.87 bits per heavy atom. The zero-order chi connectivity index (χ0) is 21.9. The number of benzene rings is 1. The number of aryl methyl sites for hydroxylation is 1. The van der Waals surface area contributed by atoms with E-state index < -0.39 is 0 Å². The Bertz CT molecular complexity index is 715. The summed E-state index contributed by atoms with van der Waals surface area (Å²) in [5.74, 6) is 1.12. The summed E-state index contributed by atoms with van der Waals surface area (Å²) in [5.41, 5.74) is 1.98. The van der Waals surface area contributed by atoms with Crippen molar-refractivity contribution in [2.45, 2.75) is 89.5 Å². The number of amides is 2. The molecule has 6 heteroatoms. The van der Waals surface area contributed by atoms with E-state index in [0.717, 1.165) is 68.5 Å². The lowest BCUT2D eigenvalue weighted by Crippen LogP contribution is -2.42. The van der Waals surface area contributed by atoms with Gasteiger partial charge in [-0.15, -0.1) is 0 Å². The Morgan fingerprint density at radius 3 is 2.68 bits per heavy atom. The second-order valence-corrected chi connectivity index (χ2v) is 8.84. The van der Waals surface area contributed by atoms with Crippen LogP contribution >= 0.6 is 0 Å². The Kier molecular flexibility index (Phi) is 9.66. The maximum absolute atomic E-state index is 13.0. The smallest absolute Gasteiger partial charge is 0.224 e. The number of unbranched alkanes of at least 4 members (excludes halogenated alkanes) is 3. The number of hydrogen-bond donors (Lipinski definition) is 2. The maximum atomic E-state index is 13.0. The molecule has 0 unspecified atom stereocenters. The number of nitrogens with zero attached hydrogens (tertiary/aromatic N) is 1. The van der Waals surface area contributed by atoms with Gasteiger partial charge in [-0.2, -0.15) is 0 Å². The van der Waals surface area contributed by atoms with Gasteiger partial charge >= 0.3 is 0 Å². The molecule has 1 heterocycles. The van der Waals surface area contributed by atoms with Crippen molar-refractivity contribution in [1.82, 2.24) is 4.90 Å². The number of fused-ring (bicyclic) bond motifs is 1. The third-order valence-corrected chi connectivity index (χ3v) is 6.42. The molecule has 1 aromatic carbocycles. The van der Waals surface area contributed by atoms with E-state index in [2.05, 4.69) is 10.2 Å². The number of hydrogen-bond acceptors (Lipinski definition) is 4. The number of ether oxygens (including phenoxy) is 1. The van der Waals surface area contributed by atoms with E-state index in [0.29, 0.717) is 31.9 Å². The number of rotatable bonds is 12. The van der Waals surface area contributed by atoms with Crippen molar-refractivity contribution in [3.8, 4) is 5.75 Å². The van der Waals surface area contributed by atoms with Crippen molar-refractivity contribution in [3.05, 3.63) is 23.8 Å². The molecule has 2 amide bonds. The van der Waals surface area contributed by atoms with Gasteiger partial charge in [-0.25, -0.2) is 0 Å². The first-order valence-corrected chi connectivity index (χ1v) is 12.1. The fraction of sp³-hybridized carbons (Fsp3) is 0.680. The first-order valence-electron chi connectivity index (χ1n) is 12.1. The number of aliphatic hydroxyl groups excluding tert-OH is 1. The van der Waals surface area contributed by atoms with Crippen LogP contribution in [-0.2, 0) is 16.0 Å². The largest absolute Gasteiger partial charge is 0.494 e. The molecule has 0 spiro atoms. The van der Waals surface area contributed by atoms with Crippen molar-refractivity contribution < 1.29 is 19.4 Å². The van der Waals surface area contributed by atoms with Crippen LogP contribution in [0.5, 0.6) is 5.75 Å². The lowest BCUT2D eigenvalue weighted by Gasteiger charge is -2.34. The first kappa shape index (κ1) is 23.6. The van der Waals surface area contributed by atoms with Crippen LogP contribution in [0.3, 0.4) is 0 Å². The molecule has 0 saturated heterocycles. The highest BCUT2D eigenvalue weighted by molar-refractivity contribution is 5.94. The van der Waals surface area contributed by atoms with E-state index in [9.17, 15) is 9.59 Å². The first-order chi connectivity index (χ1) is 15.2. The lowest BCUT2D eigenvalue weighted by atomic mass is 9.93. The molecule has 1 aromatic rings. The zero-order valence-electron chi connectivity index (χ0n) is 18.7. The third-order valence-electron chi connectivity index (χ3n) is 6.42. The van der Waals surface area contributed by atoms with E-state index in [-0.39, 0.29) is 18.4 Å². The van der Waals surface area contributed by atoms with Gasteiger partial charge in [0.1, 0.15) is 5.75 Å². The molecular weight excluding hydrogens is 392 g/mol. The molecule has 1 aliphatic carbocycles. The topological polar surface area (TPSA) is 78.9 Å². The predicted molar refractivity (Wildman–Crippen MR) is 122 cm³/mol. The quantitative estimate of drug-likeness (QED) is 0.481. The van der Waals surface area contributed by atoms with Gasteiger partial charge in [-0.3, -0.25) is 9.59 Å². The molecule has 1 aliphatic heterocycles. The summed E-state index contributed by atoms with van der Waals surface area (Å²) >= 11 is 0. The third kappa shape index (κ3) is 7.53. The molecule has 2 N–H and O–H groups in total. The fourth-order valence-corrected chi connectivity index (χ4v) is 4.66. The van der Waals surface area contributed by atoms with Crippen LogP contribution in [0.15, 0.2) is 18.2 Å². The summed E-state index contributed by atoms with van der Waals surface area (Å²) in [6, 6.07) is 6.18. The van der Waals surface area contributed by atoms with Crippen molar-refractivity contribution in [3.63, 3.8) is 0 Å². The minimum absolute atomic E-state index is 0.0654. The van der Waals surface area contributed by atoms with Crippen LogP contribution < -0.4 is 10.1 Å². The monoisotopic (exact) mass is 430 g/mol. The van der Waals surface area contributed by atoms with Gasteiger partial charge in [-0.1, -0.05) is 32.1 Å². The highest BCUT2D eigenvalue weighted by Gasteiger charge is 2.24. The van der Waals surface area contributed by atoms with Crippen LogP contribution in [0.2, 0.25) is 0 Å². The molecule has 172 valence electrons. The minimum atomic E-state index is 0.0654. The number of aliphatic hydroxyl groups is 1. The second-order valence-electron chi connectivity index (χ2n) is 8.84. The van der Waals surface area contributed by atoms with Gasteiger partial charge < -0.3 is 20.1 Å². The maximum Gasteiger partial charge on any atom is 0.224 e. The van der Waals surface area contributed by atoms with Gasteiger partial charge in [-0.05, 0) is 62.3 Å². The van der Waals surface area contributed by atoms with Crippen LogP contribution in [0.1, 0.15) is 82.6 Å². The summed E-state index contributed by atoms with van der Waals surface area (Å²) in [6.07, 6.45) is 12.4. The SMILES string of the molecule is O=C1CCc2cc(OCCCC(=O)N(CCCCCCO)C3CCCCC3)ccc2N1. The molecule has 1 saturated carbocycles. The molecule has 2 aliphatic rings. The molecule has 1 fully saturated rings. The predicted octanol–water partition coefficient (Wildman–Crippen LogP) is 4.44. The van der Waals surface area contributed by atoms with Gasteiger partial charge in [0.2, 0.25) is 11.8 Å². The summed E-state index contributed by atoms with van der Waals surface area (Å²) in [4.78, 5) is 26.6. The highest BCUT2D eigenvalue weighted by atomic mass is 16.5. The van der Waals surface area contributed by atoms with Crippen molar-refractivity contribution in [2.24, 2.45) is 0 Å². The summed E-state index contributed by atoms with van der Waals surface area (Å²) in [7, 11) is 0. The Balaban J connectivity index is 1.43.